The van der Waals surface area contributed by atoms with Crippen molar-refractivity contribution in [2.45, 2.75) is 5.54 Å². The summed E-state index contributed by atoms with van der Waals surface area (Å²) in [6.07, 6.45) is 3.63. The maximum Gasteiger partial charge on any atom is 0.204 e. The summed E-state index contributed by atoms with van der Waals surface area (Å²) in [7, 11) is 1.62. The highest BCUT2D eigenvalue weighted by Crippen LogP contribution is 2.32. The molecule has 1 aliphatic rings. The number of phenolic OH excluding ortho intramolecular Hbond substituents is 1. The highest BCUT2D eigenvalue weighted by atomic mass is 19.1. The molecule has 5 nitrogen and oxygen atoms in total. The summed E-state index contributed by atoms with van der Waals surface area (Å²) < 4.78 is 26.8. The van der Waals surface area contributed by atoms with Gasteiger partial charge in [0.1, 0.15) is 11.4 Å². The van der Waals surface area contributed by atoms with E-state index in [9.17, 15) is 18.7 Å². The molecule has 25 heavy (non-hydrogen) atoms. The molecule has 2 N–H and O–H groups in total. The first-order valence-electron chi connectivity index (χ1n) is 7.43. The number of aromatic hydroxyl groups is 1. The quantitative estimate of drug-likeness (QED) is 0.841. The molecule has 0 saturated heterocycles. The van der Waals surface area contributed by atoms with Crippen LogP contribution in [0.1, 0.15) is 5.56 Å². The van der Waals surface area contributed by atoms with Crippen molar-refractivity contribution in [2.75, 3.05) is 12.4 Å². The molecule has 1 aliphatic heterocycles. The van der Waals surface area contributed by atoms with Gasteiger partial charge < -0.3 is 15.3 Å². The van der Waals surface area contributed by atoms with Crippen LogP contribution >= 0.6 is 0 Å². The molecule has 0 spiro atoms. The van der Waals surface area contributed by atoms with Crippen LogP contribution in [0.25, 0.3) is 0 Å². The highest BCUT2D eigenvalue weighted by Gasteiger charge is 2.38. The second kappa shape index (κ2) is 6.35. The van der Waals surface area contributed by atoms with E-state index in [0.717, 1.165) is 6.07 Å². The summed E-state index contributed by atoms with van der Waals surface area (Å²) in [6.45, 7) is 0. The largest absolute Gasteiger partial charge is 0.505 e. The minimum atomic E-state index is -1.29. The van der Waals surface area contributed by atoms with Crippen molar-refractivity contribution >= 4 is 17.9 Å². The lowest BCUT2D eigenvalue weighted by atomic mass is 9.89. The number of halogens is 2. The summed E-state index contributed by atoms with van der Waals surface area (Å²) in [5, 5.41) is 12.4. The van der Waals surface area contributed by atoms with Gasteiger partial charge in [0, 0.05) is 18.9 Å². The molecule has 0 aliphatic carbocycles. The number of aliphatic imine (C=N–C) groups is 1. The van der Waals surface area contributed by atoms with Gasteiger partial charge in [0.25, 0.3) is 0 Å². The molecular formula is C18H15F2N3O2. The number of likely N-dealkylation sites (N-methyl/N-ethyl adjacent to an activating group) is 1. The van der Waals surface area contributed by atoms with E-state index in [0.29, 0.717) is 23.5 Å². The van der Waals surface area contributed by atoms with Gasteiger partial charge >= 0.3 is 0 Å². The minimum absolute atomic E-state index is 0.328. The molecule has 2 aromatic carbocycles. The molecule has 7 heteroatoms. The average molecular weight is 343 g/mol. The fourth-order valence-corrected chi connectivity index (χ4v) is 2.61. The first-order chi connectivity index (χ1) is 12.0. The predicted octanol–water partition coefficient (Wildman–Crippen LogP) is 2.99. The van der Waals surface area contributed by atoms with Gasteiger partial charge in [0.2, 0.25) is 5.96 Å². The lowest BCUT2D eigenvalue weighted by Crippen LogP contribution is -2.51. The number of phenols is 1. The summed E-state index contributed by atoms with van der Waals surface area (Å²) in [6, 6.07) is 9.42. The molecular weight excluding hydrogens is 328 g/mol. The fourth-order valence-electron chi connectivity index (χ4n) is 2.61. The Morgan fingerprint density at radius 2 is 1.92 bits per heavy atom. The number of hydrogen-bond donors (Lipinski definition) is 2. The molecule has 3 rings (SSSR count). The molecule has 0 radical (unpaired) electrons. The van der Waals surface area contributed by atoms with E-state index < -0.39 is 17.1 Å². The van der Waals surface area contributed by atoms with Gasteiger partial charge in [-0.3, -0.25) is 4.79 Å². The zero-order valence-corrected chi connectivity index (χ0v) is 13.3. The Kier molecular flexibility index (Phi) is 4.22. The zero-order valence-electron chi connectivity index (χ0n) is 13.3. The predicted molar refractivity (Wildman–Crippen MR) is 90.2 cm³/mol. The number of carbonyl (C=O) groups is 1. The van der Waals surface area contributed by atoms with E-state index in [-0.39, 0.29) is 5.82 Å². The van der Waals surface area contributed by atoms with Crippen LogP contribution < -0.4 is 5.32 Å². The normalized spacial score (nSPS) is 19.5. The standard InChI is InChI=1S/C18H15F2N3O2/c1-23-17(22-14-5-3-13(19)4-6-14)21-9-8-18(23,11-24)12-2-7-16(25)15(20)10-12/h2-11,25H,1H3,(H,21,22). The zero-order chi connectivity index (χ0) is 18.0. The Morgan fingerprint density at radius 1 is 1.20 bits per heavy atom. The average Bonchev–Trinajstić information content (AvgIpc) is 2.61. The Bertz CT molecular complexity index is 865. The SMILES string of the molecule is CN1C(Nc2ccc(F)cc2)=NC=CC1(C=O)c1ccc(O)c(F)c1. The summed E-state index contributed by atoms with van der Waals surface area (Å²) >= 11 is 0. The van der Waals surface area contributed by atoms with Gasteiger partial charge in [-0.15, -0.1) is 0 Å². The van der Waals surface area contributed by atoms with Crippen LogP contribution in [0.2, 0.25) is 0 Å². The van der Waals surface area contributed by atoms with Crippen LogP contribution in [0.4, 0.5) is 14.5 Å². The topological polar surface area (TPSA) is 64.9 Å². The number of benzene rings is 2. The van der Waals surface area contributed by atoms with Gasteiger partial charge in [-0.1, -0.05) is 6.07 Å². The van der Waals surface area contributed by atoms with Crippen LogP contribution in [0.5, 0.6) is 5.75 Å². The van der Waals surface area contributed by atoms with E-state index in [1.807, 2.05) is 0 Å². The Balaban J connectivity index is 1.95. The number of hydrogen-bond acceptors (Lipinski definition) is 5. The molecule has 1 unspecified atom stereocenters. The number of aldehydes is 1. The van der Waals surface area contributed by atoms with E-state index in [1.165, 1.54) is 53.6 Å². The van der Waals surface area contributed by atoms with Crippen molar-refractivity contribution in [1.29, 1.82) is 0 Å². The number of anilines is 1. The van der Waals surface area contributed by atoms with Gasteiger partial charge in [-0.2, -0.15) is 0 Å². The maximum absolute atomic E-state index is 13.8. The Hall–Kier alpha value is -3.22. The first kappa shape index (κ1) is 16.6. The number of nitrogens with zero attached hydrogens (tertiary/aromatic N) is 2. The van der Waals surface area contributed by atoms with Crippen LogP contribution in [0, 0.1) is 11.6 Å². The molecule has 0 saturated carbocycles. The van der Waals surface area contributed by atoms with Gasteiger partial charge in [-0.05, 0) is 48.0 Å². The third-order valence-electron chi connectivity index (χ3n) is 4.09. The maximum atomic E-state index is 13.8. The van der Waals surface area contributed by atoms with E-state index in [1.54, 1.807) is 7.05 Å². The lowest BCUT2D eigenvalue weighted by molar-refractivity contribution is -0.114. The monoisotopic (exact) mass is 343 g/mol. The molecule has 0 amide bonds. The second-order valence-corrected chi connectivity index (χ2v) is 5.57. The van der Waals surface area contributed by atoms with Gasteiger partial charge in [0.05, 0.1) is 0 Å². The van der Waals surface area contributed by atoms with Crippen molar-refractivity contribution in [3.05, 3.63) is 71.9 Å². The van der Waals surface area contributed by atoms with Gasteiger partial charge in [0.15, 0.2) is 17.9 Å². The summed E-state index contributed by atoms with van der Waals surface area (Å²) in [5.41, 5.74) is -0.373. The van der Waals surface area contributed by atoms with Crippen molar-refractivity contribution in [3.8, 4) is 5.75 Å². The third kappa shape index (κ3) is 2.96. The highest BCUT2D eigenvalue weighted by molar-refractivity contribution is 5.97. The Labute approximate surface area is 142 Å². The van der Waals surface area contributed by atoms with Crippen LogP contribution in [0.3, 0.4) is 0 Å². The van der Waals surface area contributed by atoms with Crippen molar-refractivity contribution in [1.82, 2.24) is 4.90 Å². The Morgan fingerprint density at radius 3 is 2.56 bits per heavy atom. The van der Waals surface area contributed by atoms with Crippen LogP contribution in [-0.4, -0.2) is 29.3 Å². The first-order valence-corrected chi connectivity index (χ1v) is 7.43. The smallest absolute Gasteiger partial charge is 0.204 e. The second-order valence-electron chi connectivity index (χ2n) is 5.57. The van der Waals surface area contributed by atoms with Gasteiger partial charge in [-0.25, -0.2) is 13.8 Å². The number of nitrogens with one attached hydrogen (secondary N) is 1. The number of guanidine groups is 1. The minimum Gasteiger partial charge on any atom is -0.505 e. The summed E-state index contributed by atoms with van der Waals surface area (Å²) in [4.78, 5) is 17.7. The van der Waals surface area contributed by atoms with Crippen molar-refractivity contribution < 1.29 is 18.7 Å². The summed E-state index contributed by atoms with van der Waals surface area (Å²) in [5.74, 6) is -1.36. The number of carbonyl (C=O) groups excluding carboxylic acids is 1. The molecule has 1 atom stereocenters. The fraction of sp³-hybridized carbons (Fsp3) is 0.111. The van der Waals surface area contributed by atoms with E-state index in [4.69, 9.17) is 0 Å². The van der Waals surface area contributed by atoms with E-state index >= 15 is 0 Å². The number of rotatable bonds is 3. The van der Waals surface area contributed by atoms with Crippen molar-refractivity contribution in [3.63, 3.8) is 0 Å². The molecule has 1 heterocycles. The molecule has 0 aromatic heterocycles. The van der Waals surface area contributed by atoms with Crippen molar-refractivity contribution in [2.24, 2.45) is 4.99 Å². The van der Waals surface area contributed by atoms with Crippen LogP contribution in [0.15, 0.2) is 59.7 Å². The van der Waals surface area contributed by atoms with E-state index in [2.05, 4.69) is 10.3 Å². The third-order valence-corrected chi connectivity index (χ3v) is 4.09. The molecule has 2 aromatic rings. The lowest BCUT2D eigenvalue weighted by Gasteiger charge is -2.39. The molecule has 128 valence electrons. The van der Waals surface area contributed by atoms with Crippen LogP contribution in [-0.2, 0) is 10.3 Å². The molecule has 0 bridgehead atoms. The molecule has 0 fully saturated rings.